The summed E-state index contributed by atoms with van der Waals surface area (Å²) in [5.41, 5.74) is 3.26. The molecule has 124 valence electrons. The molecule has 0 amide bonds. The number of methoxy groups -OCH3 is 1. The number of nitrogens with one attached hydrogen (secondary N) is 1. The Hall–Kier alpha value is -1.88. The maximum atomic E-state index is 13.8. The largest absolute Gasteiger partial charge is 0.494 e. The van der Waals surface area contributed by atoms with Crippen molar-refractivity contribution < 1.29 is 9.13 Å². The highest BCUT2D eigenvalue weighted by Crippen LogP contribution is 2.35. The minimum Gasteiger partial charge on any atom is -0.494 e. The van der Waals surface area contributed by atoms with E-state index < -0.39 is 0 Å². The molecule has 4 nitrogen and oxygen atoms in total. The van der Waals surface area contributed by atoms with Crippen molar-refractivity contribution in [2.24, 2.45) is 5.92 Å². The zero-order valence-electron chi connectivity index (χ0n) is 14.0. The van der Waals surface area contributed by atoms with Gasteiger partial charge < -0.3 is 9.72 Å². The van der Waals surface area contributed by atoms with Crippen LogP contribution in [0.1, 0.15) is 43.3 Å². The first-order chi connectivity index (χ1) is 11.1. The summed E-state index contributed by atoms with van der Waals surface area (Å²) in [7, 11) is 1.50. The number of aromatic amines is 1. The first-order valence-corrected chi connectivity index (χ1v) is 8.19. The molecule has 2 aromatic rings. The van der Waals surface area contributed by atoms with Crippen molar-refractivity contribution in [3.63, 3.8) is 0 Å². The van der Waals surface area contributed by atoms with E-state index in [4.69, 9.17) is 4.74 Å². The minimum atomic E-state index is -0.331. The quantitative estimate of drug-likeness (QED) is 0.917. The van der Waals surface area contributed by atoms with Crippen molar-refractivity contribution in [3.8, 4) is 5.75 Å². The highest BCUT2D eigenvalue weighted by Gasteiger charge is 2.31. The number of fused-ring (bicyclic) bond motifs is 1. The van der Waals surface area contributed by atoms with Gasteiger partial charge in [-0.05, 0) is 36.6 Å². The number of imidazole rings is 1. The molecule has 2 heterocycles. The molecule has 0 radical (unpaired) electrons. The van der Waals surface area contributed by atoms with E-state index in [0.717, 1.165) is 37.2 Å². The van der Waals surface area contributed by atoms with Crippen molar-refractivity contribution >= 4 is 0 Å². The zero-order chi connectivity index (χ0) is 16.4. The van der Waals surface area contributed by atoms with E-state index >= 15 is 0 Å². The number of ether oxygens (including phenoxy) is 1. The van der Waals surface area contributed by atoms with Crippen LogP contribution >= 0.6 is 0 Å². The summed E-state index contributed by atoms with van der Waals surface area (Å²) in [5, 5.41) is 0. The van der Waals surface area contributed by atoms with Gasteiger partial charge >= 0.3 is 0 Å². The molecule has 0 bridgehead atoms. The molecule has 3 rings (SSSR count). The molecule has 0 saturated heterocycles. The van der Waals surface area contributed by atoms with Crippen molar-refractivity contribution in [2.45, 2.75) is 32.7 Å². The number of hydrogen-bond donors (Lipinski definition) is 1. The summed E-state index contributed by atoms with van der Waals surface area (Å²) in [6.45, 7) is 6.46. The predicted octanol–water partition coefficient (Wildman–Crippen LogP) is 3.55. The first-order valence-electron chi connectivity index (χ1n) is 8.19. The van der Waals surface area contributed by atoms with E-state index in [0.29, 0.717) is 5.92 Å². The molecule has 0 aliphatic carbocycles. The molecule has 1 aromatic heterocycles. The van der Waals surface area contributed by atoms with Crippen LogP contribution in [0.2, 0.25) is 0 Å². The van der Waals surface area contributed by atoms with Crippen LogP contribution in [0.15, 0.2) is 24.5 Å². The zero-order valence-corrected chi connectivity index (χ0v) is 14.0. The van der Waals surface area contributed by atoms with Crippen molar-refractivity contribution in [3.05, 3.63) is 47.3 Å². The Bertz CT molecular complexity index is 668. The van der Waals surface area contributed by atoms with E-state index in [1.165, 1.54) is 18.9 Å². The topological polar surface area (TPSA) is 41.1 Å². The summed E-state index contributed by atoms with van der Waals surface area (Å²) in [6.07, 6.45) is 3.86. The predicted molar refractivity (Wildman–Crippen MR) is 88.1 cm³/mol. The Kier molecular flexibility index (Phi) is 4.66. The number of hydrogen-bond acceptors (Lipinski definition) is 3. The lowest BCUT2D eigenvalue weighted by atomic mass is 9.94. The van der Waals surface area contributed by atoms with Crippen molar-refractivity contribution in [1.29, 1.82) is 0 Å². The number of rotatable bonds is 5. The smallest absolute Gasteiger partial charge is 0.165 e. The lowest BCUT2D eigenvalue weighted by Gasteiger charge is -2.35. The number of nitrogens with zero attached hydrogens (tertiary/aromatic N) is 2. The Morgan fingerprint density at radius 3 is 3.00 bits per heavy atom. The van der Waals surface area contributed by atoms with Gasteiger partial charge in [0.05, 0.1) is 25.2 Å². The Balaban J connectivity index is 1.97. The van der Waals surface area contributed by atoms with Gasteiger partial charge in [-0.3, -0.25) is 4.90 Å². The Morgan fingerprint density at radius 2 is 2.26 bits per heavy atom. The van der Waals surface area contributed by atoms with Gasteiger partial charge in [-0.1, -0.05) is 19.9 Å². The average Bonchev–Trinajstić information content (AvgIpc) is 3.01. The van der Waals surface area contributed by atoms with Gasteiger partial charge in [-0.25, -0.2) is 9.37 Å². The number of aromatic nitrogens is 2. The maximum absolute atomic E-state index is 13.8. The third kappa shape index (κ3) is 3.24. The molecule has 5 heteroatoms. The standard InChI is InChI=1S/C18H24FN3O/c1-12(2)6-8-22-9-7-15-17(21-11-20-15)18(22)13-4-5-14(19)16(10-13)23-3/h4-5,10-12,18H,6-9H2,1-3H3,(H,20,21)/t18-/m0/s1. The van der Waals surface area contributed by atoms with Gasteiger partial charge in [0.25, 0.3) is 0 Å². The molecule has 0 unspecified atom stereocenters. The second-order valence-electron chi connectivity index (χ2n) is 6.53. The highest BCUT2D eigenvalue weighted by atomic mass is 19.1. The summed E-state index contributed by atoms with van der Waals surface area (Å²) < 4.78 is 18.9. The van der Waals surface area contributed by atoms with E-state index in [1.54, 1.807) is 12.4 Å². The molecule has 1 atom stereocenters. The molecule has 0 fully saturated rings. The van der Waals surface area contributed by atoms with Crippen LogP contribution in [0, 0.1) is 11.7 Å². The summed E-state index contributed by atoms with van der Waals surface area (Å²) in [5.74, 6) is 0.607. The van der Waals surface area contributed by atoms with Gasteiger partial charge in [0.15, 0.2) is 11.6 Å². The normalized spacial score (nSPS) is 18.2. The fraction of sp³-hybridized carbons (Fsp3) is 0.500. The summed E-state index contributed by atoms with van der Waals surface area (Å²) in [6, 6.07) is 5.18. The fourth-order valence-corrected chi connectivity index (χ4v) is 3.20. The summed E-state index contributed by atoms with van der Waals surface area (Å²) in [4.78, 5) is 10.2. The van der Waals surface area contributed by atoms with Gasteiger partial charge in [-0.15, -0.1) is 0 Å². The van der Waals surface area contributed by atoms with E-state index in [2.05, 4.69) is 28.7 Å². The van der Waals surface area contributed by atoms with Crippen LogP contribution in [0.4, 0.5) is 4.39 Å². The lowest BCUT2D eigenvalue weighted by Crippen LogP contribution is -2.37. The number of benzene rings is 1. The van der Waals surface area contributed by atoms with Crippen LogP contribution < -0.4 is 4.74 Å². The maximum Gasteiger partial charge on any atom is 0.165 e. The Labute approximate surface area is 136 Å². The van der Waals surface area contributed by atoms with E-state index in [1.807, 2.05) is 6.07 Å². The number of H-pyrrole nitrogens is 1. The van der Waals surface area contributed by atoms with E-state index in [9.17, 15) is 4.39 Å². The second kappa shape index (κ2) is 6.71. The van der Waals surface area contributed by atoms with Crippen LogP contribution in [-0.2, 0) is 6.42 Å². The lowest BCUT2D eigenvalue weighted by molar-refractivity contribution is 0.197. The van der Waals surface area contributed by atoms with Gasteiger partial charge in [-0.2, -0.15) is 0 Å². The van der Waals surface area contributed by atoms with Crippen LogP contribution in [-0.4, -0.2) is 35.1 Å². The molecule has 1 aliphatic heterocycles. The van der Waals surface area contributed by atoms with Gasteiger partial charge in [0.2, 0.25) is 0 Å². The van der Waals surface area contributed by atoms with Gasteiger partial charge in [0, 0.05) is 18.7 Å². The molecule has 0 saturated carbocycles. The van der Waals surface area contributed by atoms with Crippen LogP contribution in [0.25, 0.3) is 0 Å². The molecular weight excluding hydrogens is 293 g/mol. The van der Waals surface area contributed by atoms with Crippen molar-refractivity contribution in [1.82, 2.24) is 14.9 Å². The molecule has 23 heavy (non-hydrogen) atoms. The average molecular weight is 317 g/mol. The third-order valence-electron chi connectivity index (χ3n) is 4.51. The molecular formula is C18H24FN3O. The molecule has 1 aromatic carbocycles. The first kappa shape index (κ1) is 16.0. The fourth-order valence-electron chi connectivity index (χ4n) is 3.20. The molecule has 1 aliphatic rings. The third-order valence-corrected chi connectivity index (χ3v) is 4.51. The minimum absolute atomic E-state index is 0.0539. The van der Waals surface area contributed by atoms with E-state index in [-0.39, 0.29) is 17.6 Å². The summed E-state index contributed by atoms with van der Waals surface area (Å²) >= 11 is 0. The van der Waals surface area contributed by atoms with Crippen molar-refractivity contribution in [2.75, 3.05) is 20.2 Å². The second-order valence-corrected chi connectivity index (χ2v) is 6.53. The van der Waals surface area contributed by atoms with Crippen LogP contribution in [0.5, 0.6) is 5.75 Å². The number of halogens is 1. The van der Waals surface area contributed by atoms with Gasteiger partial charge in [0.1, 0.15) is 0 Å². The monoisotopic (exact) mass is 317 g/mol. The SMILES string of the molecule is COc1cc([C@H]2c3nc[nH]c3CCN2CCC(C)C)ccc1F. The molecule has 0 spiro atoms. The molecule has 1 N–H and O–H groups in total. The Morgan fingerprint density at radius 1 is 1.43 bits per heavy atom. The highest BCUT2D eigenvalue weighted by molar-refractivity contribution is 5.38. The van der Waals surface area contributed by atoms with Crippen LogP contribution in [0.3, 0.4) is 0 Å².